The fraction of sp³-hybridized carbons (Fsp3) is 0.304. The van der Waals surface area contributed by atoms with Gasteiger partial charge in [0, 0.05) is 6.42 Å². The number of aliphatic hydroxyl groups is 1. The van der Waals surface area contributed by atoms with Crippen LogP contribution >= 0.6 is 0 Å². The molecular weight excluding hydrogens is 382 g/mol. The van der Waals surface area contributed by atoms with Crippen LogP contribution in [0.15, 0.2) is 60.8 Å². The second-order valence-corrected chi connectivity index (χ2v) is 7.12. The Morgan fingerprint density at radius 3 is 2.40 bits per heavy atom. The quantitative estimate of drug-likeness (QED) is 0.395. The molecule has 2 aromatic carbocycles. The minimum absolute atomic E-state index is 0.128. The summed E-state index contributed by atoms with van der Waals surface area (Å²) in [5.74, 6) is -1.11. The minimum atomic E-state index is -1.27. The number of carbonyl (C=O) groups excluding carboxylic acids is 2. The fourth-order valence-corrected chi connectivity index (χ4v) is 3.39. The summed E-state index contributed by atoms with van der Waals surface area (Å²) >= 11 is 0. The molecule has 1 heterocycles. The summed E-state index contributed by atoms with van der Waals surface area (Å²) in [6, 6.07) is 18.1. The van der Waals surface area contributed by atoms with E-state index in [4.69, 9.17) is 4.74 Å². The highest BCUT2D eigenvalue weighted by atomic mass is 16.5. The van der Waals surface area contributed by atoms with Crippen molar-refractivity contribution in [1.29, 1.82) is 0 Å². The number of nitrogens with zero attached hydrogens (tertiary/aromatic N) is 2. The first kappa shape index (κ1) is 21.4. The Morgan fingerprint density at radius 1 is 1.07 bits per heavy atom. The Kier molecular flexibility index (Phi) is 7.45. The second-order valence-electron chi connectivity index (χ2n) is 7.12. The largest absolute Gasteiger partial charge is 0.464 e. The average molecular weight is 407 g/mol. The van der Waals surface area contributed by atoms with Crippen molar-refractivity contribution in [1.82, 2.24) is 15.4 Å². The maximum Gasteiger partial charge on any atom is 0.334 e. The van der Waals surface area contributed by atoms with Gasteiger partial charge >= 0.3 is 5.97 Å². The van der Waals surface area contributed by atoms with Crippen LogP contribution in [-0.4, -0.2) is 45.0 Å². The zero-order valence-corrected chi connectivity index (χ0v) is 16.8. The third kappa shape index (κ3) is 5.84. The molecule has 0 spiro atoms. The predicted molar refractivity (Wildman–Crippen MR) is 112 cm³/mol. The Bertz CT molecular complexity index is 940. The van der Waals surface area contributed by atoms with Crippen LogP contribution in [0.25, 0.3) is 11.1 Å². The first-order valence-corrected chi connectivity index (χ1v) is 9.94. The van der Waals surface area contributed by atoms with Crippen molar-refractivity contribution < 1.29 is 19.4 Å². The lowest BCUT2D eigenvalue weighted by molar-refractivity contribution is -0.153. The van der Waals surface area contributed by atoms with Gasteiger partial charge in [0.05, 0.1) is 12.8 Å². The van der Waals surface area contributed by atoms with Crippen molar-refractivity contribution in [2.24, 2.45) is 5.92 Å². The van der Waals surface area contributed by atoms with Gasteiger partial charge in [0.2, 0.25) is 0 Å². The lowest BCUT2D eigenvalue weighted by Crippen LogP contribution is -2.27. The van der Waals surface area contributed by atoms with E-state index in [0.29, 0.717) is 6.42 Å². The third-order valence-electron chi connectivity index (χ3n) is 4.88. The molecule has 0 unspecified atom stereocenters. The predicted octanol–water partition coefficient (Wildman–Crippen LogP) is 3.22. The Balaban J connectivity index is 1.72. The number of aliphatic hydroxyl groups excluding tert-OH is 1. The first-order valence-electron chi connectivity index (χ1n) is 9.94. The maximum absolute atomic E-state index is 12.5. The van der Waals surface area contributed by atoms with Gasteiger partial charge < -0.3 is 9.84 Å². The van der Waals surface area contributed by atoms with Crippen molar-refractivity contribution in [3.63, 3.8) is 0 Å². The number of carbonyl (C=O) groups is 2. The molecule has 0 aliphatic heterocycles. The van der Waals surface area contributed by atoms with Crippen LogP contribution in [0.5, 0.6) is 0 Å². The van der Waals surface area contributed by atoms with E-state index < -0.39 is 12.1 Å². The number of hydrogen-bond acceptors (Lipinski definition) is 6. The lowest BCUT2D eigenvalue weighted by atomic mass is 9.88. The monoisotopic (exact) mass is 407 g/mol. The number of rotatable bonds is 10. The highest BCUT2D eigenvalue weighted by Crippen LogP contribution is 2.24. The molecule has 156 valence electrons. The highest BCUT2D eigenvalue weighted by molar-refractivity contribution is 5.94. The molecule has 0 radical (unpaired) electrons. The topological polar surface area (TPSA) is 105 Å². The number of hydrogen-bond donors (Lipinski definition) is 2. The number of benzene rings is 2. The molecule has 30 heavy (non-hydrogen) atoms. The van der Waals surface area contributed by atoms with Crippen molar-refractivity contribution in [3.8, 4) is 11.1 Å². The van der Waals surface area contributed by atoms with Crippen LogP contribution in [0.4, 0.5) is 0 Å². The van der Waals surface area contributed by atoms with Crippen LogP contribution in [0.2, 0.25) is 0 Å². The molecule has 7 heteroatoms. The van der Waals surface area contributed by atoms with Gasteiger partial charge in [0.15, 0.2) is 11.9 Å². The normalized spacial score (nSPS) is 12.9. The molecule has 0 saturated carbocycles. The summed E-state index contributed by atoms with van der Waals surface area (Å²) in [6.07, 6.45) is 0.903. The summed E-state index contributed by atoms with van der Waals surface area (Å²) in [4.78, 5) is 24.4. The summed E-state index contributed by atoms with van der Waals surface area (Å²) in [5.41, 5.74) is 3.48. The van der Waals surface area contributed by atoms with Crippen molar-refractivity contribution in [3.05, 3.63) is 72.1 Å². The number of H-pyrrole nitrogens is 1. The third-order valence-corrected chi connectivity index (χ3v) is 4.88. The Hall–Kier alpha value is -3.32. The molecule has 7 nitrogen and oxygen atoms in total. The van der Waals surface area contributed by atoms with Gasteiger partial charge in [-0.25, -0.2) is 4.79 Å². The Labute approximate surface area is 175 Å². The molecule has 3 aromatic rings. The number of esters is 1. The summed E-state index contributed by atoms with van der Waals surface area (Å²) < 4.78 is 4.90. The van der Waals surface area contributed by atoms with Crippen molar-refractivity contribution in [2.45, 2.75) is 32.3 Å². The number of Topliss-reactive ketones (excluding diaryl/α,β-unsaturated/α-hetero) is 1. The number of nitrogens with one attached hydrogen (secondary N) is 1. The standard InChI is InChI=1S/C23H25N3O4/c1-2-30-23(29)22(28)14-17(13-21(27)20-15-24-26-25-20)12-16-8-10-19(11-9-16)18-6-4-3-5-7-18/h3-11,15,17,22,28H,2,12-14H2,1H3,(H,24,25,26)/t17-,22+/m0/s1. The highest BCUT2D eigenvalue weighted by Gasteiger charge is 2.25. The molecule has 0 aliphatic rings. The van der Waals surface area contributed by atoms with Gasteiger partial charge in [0.1, 0.15) is 5.69 Å². The van der Waals surface area contributed by atoms with Crippen LogP contribution < -0.4 is 0 Å². The first-order chi connectivity index (χ1) is 14.6. The van der Waals surface area contributed by atoms with E-state index in [1.165, 1.54) is 6.20 Å². The fourth-order valence-electron chi connectivity index (χ4n) is 3.39. The van der Waals surface area contributed by atoms with Gasteiger partial charge in [-0.2, -0.15) is 15.4 Å². The van der Waals surface area contributed by atoms with E-state index in [9.17, 15) is 14.7 Å². The van der Waals surface area contributed by atoms with Crippen LogP contribution in [0.1, 0.15) is 35.8 Å². The van der Waals surface area contributed by atoms with E-state index in [0.717, 1.165) is 16.7 Å². The molecule has 0 saturated heterocycles. The molecular formula is C23H25N3O4. The average Bonchev–Trinajstić information content (AvgIpc) is 3.30. The van der Waals surface area contributed by atoms with E-state index in [1.807, 2.05) is 54.6 Å². The summed E-state index contributed by atoms with van der Waals surface area (Å²) in [5, 5.41) is 20.1. The van der Waals surface area contributed by atoms with Crippen molar-refractivity contribution in [2.75, 3.05) is 6.61 Å². The van der Waals surface area contributed by atoms with E-state index in [1.54, 1.807) is 6.92 Å². The molecule has 0 bridgehead atoms. The number of aromatic amines is 1. The zero-order valence-electron chi connectivity index (χ0n) is 16.8. The van der Waals surface area contributed by atoms with Gasteiger partial charge in [0.25, 0.3) is 0 Å². The molecule has 0 fully saturated rings. The minimum Gasteiger partial charge on any atom is -0.464 e. The van der Waals surface area contributed by atoms with E-state index >= 15 is 0 Å². The van der Waals surface area contributed by atoms with Crippen molar-refractivity contribution >= 4 is 11.8 Å². The lowest BCUT2D eigenvalue weighted by Gasteiger charge is -2.19. The van der Waals surface area contributed by atoms with E-state index in [-0.39, 0.29) is 36.8 Å². The Morgan fingerprint density at radius 2 is 1.77 bits per heavy atom. The summed E-state index contributed by atoms with van der Waals surface area (Å²) in [7, 11) is 0. The molecule has 2 atom stereocenters. The van der Waals surface area contributed by atoms with Gasteiger partial charge in [-0.15, -0.1) is 0 Å². The number of ketones is 1. The zero-order chi connectivity index (χ0) is 21.3. The van der Waals surface area contributed by atoms with Gasteiger partial charge in [-0.3, -0.25) is 4.79 Å². The van der Waals surface area contributed by atoms with Gasteiger partial charge in [-0.05, 0) is 42.4 Å². The number of aromatic nitrogens is 3. The smallest absolute Gasteiger partial charge is 0.334 e. The van der Waals surface area contributed by atoms with Gasteiger partial charge in [-0.1, -0.05) is 54.6 Å². The molecule has 1 aromatic heterocycles. The maximum atomic E-state index is 12.5. The molecule has 0 aliphatic carbocycles. The van der Waals surface area contributed by atoms with E-state index in [2.05, 4.69) is 15.4 Å². The SMILES string of the molecule is CCOC(=O)[C@H](O)C[C@H](CC(=O)c1cn[nH]n1)Cc1ccc(-c2ccccc2)cc1. The van der Waals surface area contributed by atoms with Crippen LogP contribution in [0, 0.1) is 5.92 Å². The summed E-state index contributed by atoms with van der Waals surface area (Å²) in [6.45, 7) is 1.88. The molecule has 0 amide bonds. The molecule has 2 N–H and O–H groups in total. The van der Waals surface area contributed by atoms with Crippen LogP contribution in [0.3, 0.4) is 0 Å². The number of ether oxygens (including phenoxy) is 1. The second kappa shape index (κ2) is 10.5. The molecule has 3 rings (SSSR count). The van der Waals surface area contributed by atoms with Crippen LogP contribution in [-0.2, 0) is 16.0 Å².